The van der Waals surface area contributed by atoms with Crippen molar-refractivity contribution in [2.45, 2.75) is 0 Å². The average Bonchev–Trinajstić information content (AvgIpc) is 2.55. The first-order chi connectivity index (χ1) is 11.5. The van der Waals surface area contributed by atoms with Crippen molar-refractivity contribution in [1.29, 1.82) is 0 Å². The smallest absolute Gasteiger partial charge is 0.327 e. The SMILES string of the molecule is Nc1nc2nccnc2c(=O)[nH]1.O=c1[nH]c(=O)c2nccnc2[nH]1. The van der Waals surface area contributed by atoms with Crippen LogP contribution in [0.5, 0.6) is 0 Å². The van der Waals surface area contributed by atoms with Crippen molar-refractivity contribution in [3.05, 3.63) is 56.0 Å². The van der Waals surface area contributed by atoms with E-state index in [4.69, 9.17) is 5.73 Å². The first-order valence-electron chi connectivity index (χ1n) is 6.44. The molecule has 0 aliphatic carbocycles. The molecule has 120 valence electrons. The highest BCUT2D eigenvalue weighted by Crippen LogP contribution is 1.97. The number of rotatable bonds is 0. The highest BCUT2D eigenvalue weighted by Gasteiger charge is 2.01. The van der Waals surface area contributed by atoms with Gasteiger partial charge in [-0.25, -0.2) is 24.7 Å². The van der Waals surface area contributed by atoms with E-state index in [0.717, 1.165) is 0 Å². The van der Waals surface area contributed by atoms with Gasteiger partial charge in [-0.05, 0) is 0 Å². The van der Waals surface area contributed by atoms with Crippen LogP contribution >= 0.6 is 0 Å². The molecular formula is C12H9N9O3. The maximum atomic E-state index is 11.1. The fourth-order valence-corrected chi connectivity index (χ4v) is 1.79. The van der Waals surface area contributed by atoms with Gasteiger partial charge in [0.05, 0.1) is 0 Å². The second-order valence-corrected chi connectivity index (χ2v) is 4.34. The predicted octanol–water partition coefficient (Wildman–Crippen LogP) is -1.70. The van der Waals surface area contributed by atoms with E-state index in [0.29, 0.717) is 0 Å². The van der Waals surface area contributed by atoms with E-state index in [2.05, 4.69) is 34.9 Å². The summed E-state index contributed by atoms with van der Waals surface area (Å²) in [6, 6.07) is 0. The van der Waals surface area contributed by atoms with Crippen LogP contribution in [0.15, 0.2) is 39.2 Å². The normalized spacial score (nSPS) is 10.3. The Kier molecular flexibility index (Phi) is 3.76. The lowest BCUT2D eigenvalue weighted by molar-refractivity contribution is 1.04. The summed E-state index contributed by atoms with van der Waals surface area (Å²) in [5.74, 6) is 0.0491. The topological polar surface area (TPSA) is 189 Å². The van der Waals surface area contributed by atoms with Crippen molar-refractivity contribution in [2.75, 3.05) is 5.73 Å². The van der Waals surface area contributed by atoms with E-state index in [1.165, 1.54) is 24.8 Å². The Morgan fingerprint density at radius 1 is 0.750 bits per heavy atom. The van der Waals surface area contributed by atoms with Crippen LogP contribution in [0.2, 0.25) is 0 Å². The van der Waals surface area contributed by atoms with Gasteiger partial charge in [0, 0.05) is 24.8 Å². The molecule has 0 saturated heterocycles. The second-order valence-electron chi connectivity index (χ2n) is 4.34. The molecule has 0 aliphatic rings. The average molecular weight is 327 g/mol. The summed E-state index contributed by atoms with van der Waals surface area (Å²) in [6.45, 7) is 0. The Morgan fingerprint density at radius 2 is 1.38 bits per heavy atom. The minimum atomic E-state index is -0.576. The third-order valence-corrected chi connectivity index (χ3v) is 2.73. The lowest BCUT2D eigenvalue weighted by atomic mass is 10.5. The molecule has 0 spiro atoms. The van der Waals surface area contributed by atoms with Crippen LogP contribution < -0.4 is 22.5 Å². The minimum absolute atomic E-state index is 0.0491. The maximum Gasteiger partial charge on any atom is 0.327 e. The Hall–Kier alpha value is -3.96. The molecule has 0 fully saturated rings. The fraction of sp³-hybridized carbons (Fsp3) is 0. The predicted molar refractivity (Wildman–Crippen MR) is 83.1 cm³/mol. The van der Waals surface area contributed by atoms with Gasteiger partial charge in [0.15, 0.2) is 22.3 Å². The van der Waals surface area contributed by atoms with Crippen molar-refractivity contribution in [3.8, 4) is 0 Å². The van der Waals surface area contributed by atoms with Crippen LogP contribution in [-0.2, 0) is 0 Å². The van der Waals surface area contributed by atoms with Gasteiger partial charge in [-0.3, -0.25) is 24.5 Å². The summed E-state index contributed by atoms with van der Waals surface area (Å²) < 4.78 is 0. The van der Waals surface area contributed by atoms with Crippen LogP contribution in [0.1, 0.15) is 0 Å². The Bertz CT molecular complexity index is 1190. The summed E-state index contributed by atoms with van der Waals surface area (Å²) in [5.41, 5.74) is 4.62. The molecule has 4 heterocycles. The third kappa shape index (κ3) is 2.96. The number of nitrogens with zero attached hydrogens (tertiary/aromatic N) is 5. The summed E-state index contributed by atoms with van der Waals surface area (Å²) in [5, 5.41) is 0. The highest BCUT2D eigenvalue weighted by atomic mass is 16.2. The van der Waals surface area contributed by atoms with Gasteiger partial charge >= 0.3 is 5.69 Å². The maximum absolute atomic E-state index is 11.1. The van der Waals surface area contributed by atoms with Crippen LogP contribution in [0, 0.1) is 0 Å². The van der Waals surface area contributed by atoms with Gasteiger partial charge in [0.1, 0.15) is 0 Å². The van der Waals surface area contributed by atoms with Gasteiger partial charge < -0.3 is 5.73 Å². The molecule has 12 heteroatoms. The van der Waals surface area contributed by atoms with Gasteiger partial charge in [-0.1, -0.05) is 0 Å². The molecule has 0 aromatic carbocycles. The molecule has 12 nitrogen and oxygen atoms in total. The van der Waals surface area contributed by atoms with Gasteiger partial charge in [-0.2, -0.15) is 4.98 Å². The molecule has 4 rings (SSSR count). The number of hydrogen-bond donors (Lipinski definition) is 4. The largest absolute Gasteiger partial charge is 0.369 e. The van der Waals surface area contributed by atoms with Gasteiger partial charge in [-0.15, -0.1) is 0 Å². The Labute approximate surface area is 130 Å². The second kappa shape index (κ2) is 6.04. The molecule has 4 aromatic heterocycles. The van der Waals surface area contributed by atoms with Crippen molar-refractivity contribution in [1.82, 2.24) is 39.9 Å². The number of nitrogen functional groups attached to an aromatic ring is 1. The van der Waals surface area contributed by atoms with E-state index in [1.807, 2.05) is 4.98 Å². The molecular weight excluding hydrogens is 318 g/mol. The van der Waals surface area contributed by atoms with E-state index in [9.17, 15) is 14.4 Å². The van der Waals surface area contributed by atoms with Crippen LogP contribution in [-0.4, -0.2) is 39.9 Å². The molecule has 0 aliphatic heterocycles. The third-order valence-electron chi connectivity index (χ3n) is 2.73. The molecule has 0 bridgehead atoms. The summed E-state index contributed by atoms with van der Waals surface area (Å²) in [7, 11) is 0. The number of aromatic amines is 3. The number of anilines is 1. The zero-order chi connectivity index (χ0) is 17.1. The molecule has 0 unspecified atom stereocenters. The van der Waals surface area contributed by atoms with E-state index < -0.39 is 11.2 Å². The molecule has 0 saturated carbocycles. The first kappa shape index (κ1) is 15.0. The fourth-order valence-electron chi connectivity index (χ4n) is 1.79. The molecule has 0 radical (unpaired) electrons. The van der Waals surface area contributed by atoms with Crippen LogP contribution in [0.3, 0.4) is 0 Å². The van der Waals surface area contributed by atoms with Crippen molar-refractivity contribution < 1.29 is 0 Å². The highest BCUT2D eigenvalue weighted by molar-refractivity contribution is 5.68. The molecule has 5 N–H and O–H groups in total. The standard InChI is InChI=1S/C6H5N5O.C6H4N4O2/c7-6-10-4-3(5(12)11-6)8-1-2-9-4;11-5-3-4(8-2-1-7-3)9-6(12)10-5/h1-2H,(H3,7,9,10,11,12);1-2H,(H2,8,9,10,11,12). The Morgan fingerprint density at radius 3 is 2.17 bits per heavy atom. The van der Waals surface area contributed by atoms with Crippen molar-refractivity contribution in [2.24, 2.45) is 0 Å². The zero-order valence-corrected chi connectivity index (χ0v) is 11.8. The van der Waals surface area contributed by atoms with E-state index in [1.54, 1.807) is 0 Å². The number of H-pyrrole nitrogens is 3. The van der Waals surface area contributed by atoms with Crippen molar-refractivity contribution >= 4 is 28.3 Å². The van der Waals surface area contributed by atoms with Gasteiger partial charge in [0.2, 0.25) is 5.95 Å². The molecule has 0 amide bonds. The number of aromatic nitrogens is 8. The number of nitrogens with one attached hydrogen (secondary N) is 3. The number of hydrogen-bond acceptors (Lipinski definition) is 9. The summed E-state index contributed by atoms with van der Waals surface area (Å²) in [4.78, 5) is 58.5. The van der Waals surface area contributed by atoms with Crippen molar-refractivity contribution in [3.63, 3.8) is 0 Å². The summed E-state index contributed by atoms with van der Waals surface area (Å²) in [6.07, 6.45) is 5.66. The molecule has 0 atom stereocenters. The number of nitrogens with two attached hydrogens (primary N) is 1. The first-order valence-corrected chi connectivity index (χ1v) is 6.44. The lowest BCUT2D eigenvalue weighted by Gasteiger charge is -1.94. The minimum Gasteiger partial charge on any atom is -0.369 e. The quantitative estimate of drug-likeness (QED) is 0.291. The molecule has 4 aromatic rings. The summed E-state index contributed by atoms with van der Waals surface area (Å²) >= 11 is 0. The monoisotopic (exact) mass is 327 g/mol. The van der Waals surface area contributed by atoms with Crippen LogP contribution in [0.25, 0.3) is 22.3 Å². The number of fused-ring (bicyclic) bond motifs is 2. The molecule has 24 heavy (non-hydrogen) atoms. The zero-order valence-electron chi connectivity index (χ0n) is 11.8. The van der Waals surface area contributed by atoms with E-state index in [-0.39, 0.29) is 33.8 Å². The van der Waals surface area contributed by atoms with Crippen LogP contribution in [0.4, 0.5) is 5.95 Å². The Balaban J connectivity index is 0.000000141. The van der Waals surface area contributed by atoms with E-state index >= 15 is 0 Å². The van der Waals surface area contributed by atoms with Gasteiger partial charge in [0.25, 0.3) is 11.1 Å². The lowest BCUT2D eigenvalue weighted by Crippen LogP contribution is -2.22.